The SMILES string of the molecule is C=CCc1cc2c(cc1CS(N)(=O)=O)C(c1ccccc1)Oc1cccc(OC)c1-2. The van der Waals surface area contributed by atoms with E-state index in [1.54, 1.807) is 13.2 Å². The summed E-state index contributed by atoms with van der Waals surface area (Å²) in [5, 5.41) is 5.37. The maximum absolute atomic E-state index is 11.9. The summed E-state index contributed by atoms with van der Waals surface area (Å²) in [6.45, 7) is 3.82. The highest BCUT2D eigenvalue weighted by Crippen LogP contribution is 2.49. The zero-order valence-corrected chi connectivity index (χ0v) is 17.5. The van der Waals surface area contributed by atoms with E-state index in [0.29, 0.717) is 17.7 Å². The van der Waals surface area contributed by atoms with E-state index in [0.717, 1.165) is 33.6 Å². The van der Waals surface area contributed by atoms with Gasteiger partial charge in [0.1, 0.15) is 17.6 Å². The van der Waals surface area contributed by atoms with Crippen LogP contribution in [-0.2, 0) is 22.2 Å². The number of nitrogens with two attached hydrogens (primary N) is 1. The molecule has 1 unspecified atom stereocenters. The number of primary sulfonamides is 1. The van der Waals surface area contributed by atoms with Gasteiger partial charge in [0, 0.05) is 5.56 Å². The van der Waals surface area contributed by atoms with Crippen LogP contribution >= 0.6 is 0 Å². The summed E-state index contributed by atoms with van der Waals surface area (Å²) in [5.41, 5.74) is 5.18. The van der Waals surface area contributed by atoms with Crippen molar-refractivity contribution < 1.29 is 17.9 Å². The van der Waals surface area contributed by atoms with Gasteiger partial charge in [0.15, 0.2) is 0 Å². The predicted octanol–water partition coefficient (Wildman–Crippen LogP) is 4.36. The fraction of sp³-hybridized carbons (Fsp3) is 0.167. The number of ether oxygens (including phenoxy) is 2. The minimum Gasteiger partial charge on any atom is -0.496 e. The summed E-state index contributed by atoms with van der Waals surface area (Å²) < 4.78 is 35.7. The molecule has 6 heteroatoms. The standard InChI is InChI=1S/C24H23NO4S/c1-3-8-17-13-19-20(14-18(17)15-30(25,26)27)24(16-9-5-4-6-10-16)29-22-12-7-11-21(28-2)23(19)22/h3-7,9-14,24H,1,8,15H2,2H3,(H2,25,26,27). The van der Waals surface area contributed by atoms with Crippen LogP contribution in [0.15, 0.2) is 73.3 Å². The third-order valence-corrected chi connectivity index (χ3v) is 5.91. The number of hydrogen-bond acceptors (Lipinski definition) is 4. The summed E-state index contributed by atoms with van der Waals surface area (Å²) in [6.07, 6.45) is 1.91. The molecular formula is C24H23NO4S. The molecule has 154 valence electrons. The Morgan fingerprint density at radius 3 is 2.53 bits per heavy atom. The highest BCUT2D eigenvalue weighted by atomic mass is 32.2. The minimum atomic E-state index is -3.70. The van der Waals surface area contributed by atoms with Crippen LogP contribution in [0.3, 0.4) is 0 Å². The fourth-order valence-corrected chi connectivity index (χ4v) is 4.65. The van der Waals surface area contributed by atoms with Crippen LogP contribution in [0, 0.1) is 0 Å². The molecule has 0 saturated carbocycles. The molecule has 1 atom stereocenters. The first-order valence-electron chi connectivity index (χ1n) is 9.57. The third kappa shape index (κ3) is 3.84. The van der Waals surface area contributed by atoms with Crippen LogP contribution in [0.1, 0.15) is 28.4 Å². The van der Waals surface area contributed by atoms with Crippen molar-refractivity contribution >= 4 is 10.0 Å². The van der Waals surface area contributed by atoms with E-state index in [-0.39, 0.29) is 11.9 Å². The summed E-state index contributed by atoms with van der Waals surface area (Å²) in [7, 11) is -2.08. The summed E-state index contributed by atoms with van der Waals surface area (Å²) >= 11 is 0. The number of methoxy groups -OCH3 is 1. The van der Waals surface area contributed by atoms with E-state index >= 15 is 0 Å². The molecule has 3 aromatic carbocycles. The number of benzene rings is 3. The molecule has 0 radical (unpaired) electrons. The Morgan fingerprint density at radius 2 is 1.87 bits per heavy atom. The molecule has 0 fully saturated rings. The van der Waals surface area contributed by atoms with E-state index in [4.69, 9.17) is 14.6 Å². The van der Waals surface area contributed by atoms with E-state index in [2.05, 4.69) is 6.58 Å². The number of fused-ring (bicyclic) bond motifs is 3. The van der Waals surface area contributed by atoms with Crippen molar-refractivity contribution in [3.63, 3.8) is 0 Å². The summed E-state index contributed by atoms with van der Waals surface area (Å²) in [4.78, 5) is 0. The Labute approximate surface area is 176 Å². The molecule has 5 nitrogen and oxygen atoms in total. The van der Waals surface area contributed by atoms with Crippen molar-refractivity contribution in [2.24, 2.45) is 5.14 Å². The molecule has 3 aromatic rings. The second-order valence-corrected chi connectivity index (χ2v) is 8.86. The van der Waals surface area contributed by atoms with Crippen molar-refractivity contribution in [1.29, 1.82) is 0 Å². The van der Waals surface area contributed by atoms with E-state index in [1.807, 2.05) is 60.7 Å². The molecule has 0 spiro atoms. The van der Waals surface area contributed by atoms with Crippen molar-refractivity contribution in [3.05, 3.63) is 95.6 Å². The fourth-order valence-electron chi connectivity index (χ4n) is 3.95. The lowest BCUT2D eigenvalue weighted by Gasteiger charge is -2.31. The summed E-state index contributed by atoms with van der Waals surface area (Å²) in [6, 6.07) is 19.5. The Bertz CT molecular complexity index is 1200. The van der Waals surface area contributed by atoms with Gasteiger partial charge in [0.05, 0.1) is 18.4 Å². The first-order chi connectivity index (χ1) is 14.4. The third-order valence-electron chi connectivity index (χ3n) is 5.20. The largest absolute Gasteiger partial charge is 0.496 e. The Balaban J connectivity index is 2.01. The number of rotatable bonds is 6. The maximum atomic E-state index is 11.9. The lowest BCUT2D eigenvalue weighted by Crippen LogP contribution is -2.19. The zero-order valence-electron chi connectivity index (χ0n) is 16.7. The van der Waals surface area contributed by atoms with Crippen LogP contribution in [0.2, 0.25) is 0 Å². The lowest BCUT2D eigenvalue weighted by atomic mass is 9.85. The van der Waals surface area contributed by atoms with Gasteiger partial charge in [-0.2, -0.15) is 0 Å². The number of hydrogen-bond donors (Lipinski definition) is 1. The molecule has 0 aliphatic carbocycles. The quantitative estimate of drug-likeness (QED) is 0.600. The van der Waals surface area contributed by atoms with Gasteiger partial charge in [-0.15, -0.1) is 6.58 Å². The Kier molecular flexibility index (Phi) is 5.37. The van der Waals surface area contributed by atoms with Crippen molar-refractivity contribution in [2.75, 3.05) is 7.11 Å². The van der Waals surface area contributed by atoms with E-state index in [1.165, 1.54) is 0 Å². The molecule has 0 saturated heterocycles. The highest BCUT2D eigenvalue weighted by molar-refractivity contribution is 7.88. The van der Waals surface area contributed by atoms with E-state index in [9.17, 15) is 8.42 Å². The maximum Gasteiger partial charge on any atom is 0.213 e. The van der Waals surface area contributed by atoms with Gasteiger partial charge in [-0.3, -0.25) is 0 Å². The molecule has 0 aromatic heterocycles. The molecule has 0 amide bonds. The normalized spacial score (nSPS) is 14.9. The molecule has 2 N–H and O–H groups in total. The smallest absolute Gasteiger partial charge is 0.213 e. The second-order valence-electron chi connectivity index (χ2n) is 7.25. The first-order valence-corrected chi connectivity index (χ1v) is 11.3. The topological polar surface area (TPSA) is 78.6 Å². The van der Waals surface area contributed by atoms with Gasteiger partial charge in [0.2, 0.25) is 10.0 Å². The number of allylic oxidation sites excluding steroid dienone is 1. The van der Waals surface area contributed by atoms with Crippen LogP contribution in [0.4, 0.5) is 0 Å². The van der Waals surface area contributed by atoms with Crippen molar-refractivity contribution in [3.8, 4) is 22.6 Å². The molecule has 1 aliphatic heterocycles. The van der Waals surface area contributed by atoms with Crippen molar-refractivity contribution in [2.45, 2.75) is 18.3 Å². The van der Waals surface area contributed by atoms with Crippen LogP contribution in [-0.4, -0.2) is 15.5 Å². The van der Waals surface area contributed by atoms with Gasteiger partial charge in [-0.1, -0.05) is 42.5 Å². The molecule has 1 heterocycles. The summed E-state index contributed by atoms with van der Waals surface area (Å²) in [5.74, 6) is 1.17. The van der Waals surface area contributed by atoms with Gasteiger partial charge in [0.25, 0.3) is 0 Å². The molecule has 0 bridgehead atoms. The first kappa shape index (κ1) is 20.2. The average molecular weight is 422 g/mol. The van der Waals surface area contributed by atoms with Gasteiger partial charge < -0.3 is 9.47 Å². The monoisotopic (exact) mass is 421 g/mol. The highest BCUT2D eigenvalue weighted by Gasteiger charge is 2.31. The lowest BCUT2D eigenvalue weighted by molar-refractivity contribution is 0.242. The van der Waals surface area contributed by atoms with Gasteiger partial charge in [-0.05, 0) is 52.9 Å². The molecule has 4 rings (SSSR count). The molecule has 1 aliphatic rings. The predicted molar refractivity (Wildman–Crippen MR) is 118 cm³/mol. The Hall–Kier alpha value is -3.09. The Morgan fingerprint density at radius 1 is 1.10 bits per heavy atom. The van der Waals surface area contributed by atoms with Crippen LogP contribution in [0.5, 0.6) is 11.5 Å². The minimum absolute atomic E-state index is 0.246. The van der Waals surface area contributed by atoms with Gasteiger partial charge >= 0.3 is 0 Å². The molecule has 30 heavy (non-hydrogen) atoms. The zero-order chi connectivity index (χ0) is 21.3. The van der Waals surface area contributed by atoms with Crippen LogP contribution in [0.25, 0.3) is 11.1 Å². The van der Waals surface area contributed by atoms with Crippen LogP contribution < -0.4 is 14.6 Å². The van der Waals surface area contributed by atoms with Gasteiger partial charge in [-0.25, -0.2) is 13.6 Å². The van der Waals surface area contributed by atoms with Crippen molar-refractivity contribution in [1.82, 2.24) is 0 Å². The second kappa shape index (κ2) is 7.97. The average Bonchev–Trinajstić information content (AvgIpc) is 2.73. The molecular weight excluding hydrogens is 398 g/mol. The van der Waals surface area contributed by atoms with E-state index < -0.39 is 10.0 Å². The number of sulfonamides is 1.